The first-order chi connectivity index (χ1) is 8.44. The third kappa shape index (κ3) is 2.27. The van der Waals surface area contributed by atoms with Crippen LogP contribution in [0.1, 0.15) is 11.6 Å². The minimum Gasteiger partial charge on any atom is -0.508 e. The Morgan fingerprint density at radius 1 is 1.11 bits per heavy atom. The SMILES string of the molecule is N[C@@H](c1ccc2cc(O)ccc2c1)C(F)(F)CO. The molecule has 1 atom stereocenters. The lowest BCUT2D eigenvalue weighted by Crippen LogP contribution is -2.36. The second kappa shape index (κ2) is 4.51. The molecule has 2 aromatic carbocycles. The van der Waals surface area contributed by atoms with Crippen molar-refractivity contribution in [2.24, 2.45) is 5.73 Å². The van der Waals surface area contributed by atoms with Crippen LogP contribution in [0.25, 0.3) is 10.8 Å². The number of fused-ring (bicyclic) bond motifs is 1. The number of nitrogens with two attached hydrogens (primary N) is 1. The zero-order chi connectivity index (χ0) is 13.3. The van der Waals surface area contributed by atoms with Gasteiger partial charge in [0.05, 0.1) is 6.04 Å². The maximum atomic E-state index is 13.3. The first-order valence-corrected chi connectivity index (χ1v) is 5.41. The molecule has 0 spiro atoms. The van der Waals surface area contributed by atoms with Gasteiger partial charge in [0, 0.05) is 0 Å². The molecule has 3 nitrogen and oxygen atoms in total. The minimum absolute atomic E-state index is 0.111. The molecule has 0 radical (unpaired) electrons. The van der Waals surface area contributed by atoms with Crippen LogP contribution < -0.4 is 5.73 Å². The number of hydrogen-bond acceptors (Lipinski definition) is 3. The predicted octanol–water partition coefficient (Wildman–Crippen LogP) is 2.17. The fourth-order valence-corrected chi connectivity index (χ4v) is 1.79. The van der Waals surface area contributed by atoms with Crippen molar-refractivity contribution in [3.63, 3.8) is 0 Å². The smallest absolute Gasteiger partial charge is 0.289 e. The highest BCUT2D eigenvalue weighted by Gasteiger charge is 2.37. The average molecular weight is 253 g/mol. The van der Waals surface area contributed by atoms with Crippen molar-refractivity contribution >= 4 is 10.8 Å². The Morgan fingerprint density at radius 2 is 1.72 bits per heavy atom. The lowest BCUT2D eigenvalue weighted by molar-refractivity contribution is -0.0711. The summed E-state index contributed by atoms with van der Waals surface area (Å²) in [6.45, 7) is -1.29. The highest BCUT2D eigenvalue weighted by atomic mass is 19.3. The van der Waals surface area contributed by atoms with Gasteiger partial charge in [-0.1, -0.05) is 18.2 Å². The molecule has 0 aliphatic rings. The molecular formula is C13H13F2NO2. The summed E-state index contributed by atoms with van der Waals surface area (Å²) in [5.74, 6) is -3.25. The van der Waals surface area contributed by atoms with Crippen LogP contribution >= 0.6 is 0 Å². The van der Waals surface area contributed by atoms with E-state index >= 15 is 0 Å². The molecule has 0 aliphatic carbocycles. The molecule has 18 heavy (non-hydrogen) atoms. The number of halogens is 2. The van der Waals surface area contributed by atoms with E-state index in [2.05, 4.69) is 0 Å². The summed E-state index contributed by atoms with van der Waals surface area (Å²) in [6, 6.07) is 7.69. The fraction of sp³-hybridized carbons (Fsp3) is 0.231. The Hall–Kier alpha value is -1.72. The summed E-state index contributed by atoms with van der Waals surface area (Å²) >= 11 is 0. The lowest BCUT2D eigenvalue weighted by atomic mass is 9.98. The number of phenols is 1. The maximum Gasteiger partial charge on any atom is 0.289 e. The zero-order valence-electron chi connectivity index (χ0n) is 9.48. The Balaban J connectivity index is 2.44. The molecule has 0 fully saturated rings. The molecule has 0 saturated carbocycles. The summed E-state index contributed by atoms with van der Waals surface area (Å²) in [5.41, 5.74) is 5.69. The monoisotopic (exact) mass is 253 g/mol. The number of aliphatic hydroxyl groups is 1. The van der Waals surface area contributed by atoms with E-state index in [0.717, 1.165) is 5.39 Å². The van der Waals surface area contributed by atoms with Crippen LogP contribution in [0.15, 0.2) is 36.4 Å². The van der Waals surface area contributed by atoms with Gasteiger partial charge in [-0.25, -0.2) is 8.78 Å². The fourth-order valence-electron chi connectivity index (χ4n) is 1.79. The number of alkyl halides is 2. The third-order valence-corrected chi connectivity index (χ3v) is 2.87. The van der Waals surface area contributed by atoms with E-state index in [1.807, 2.05) is 0 Å². The van der Waals surface area contributed by atoms with E-state index in [-0.39, 0.29) is 11.3 Å². The summed E-state index contributed by atoms with van der Waals surface area (Å²) in [7, 11) is 0. The number of hydrogen-bond donors (Lipinski definition) is 3. The van der Waals surface area contributed by atoms with Gasteiger partial charge in [-0.2, -0.15) is 0 Å². The topological polar surface area (TPSA) is 66.5 Å². The molecule has 2 rings (SSSR count). The number of rotatable bonds is 3. The van der Waals surface area contributed by atoms with Gasteiger partial charge in [0.25, 0.3) is 5.92 Å². The second-order valence-corrected chi connectivity index (χ2v) is 4.19. The van der Waals surface area contributed by atoms with Crippen LogP contribution in [0.4, 0.5) is 8.78 Å². The summed E-state index contributed by atoms with van der Waals surface area (Å²) in [6.07, 6.45) is 0. The second-order valence-electron chi connectivity index (χ2n) is 4.19. The molecule has 0 amide bonds. The molecular weight excluding hydrogens is 240 g/mol. The highest BCUT2D eigenvalue weighted by molar-refractivity contribution is 5.84. The first kappa shape index (κ1) is 12.7. The van der Waals surface area contributed by atoms with E-state index in [1.54, 1.807) is 12.1 Å². The first-order valence-electron chi connectivity index (χ1n) is 5.41. The summed E-state index contributed by atoms with van der Waals surface area (Å²) in [5, 5.41) is 19.3. The third-order valence-electron chi connectivity index (χ3n) is 2.87. The van der Waals surface area contributed by atoms with Crippen molar-refractivity contribution in [2.75, 3.05) is 6.61 Å². The largest absolute Gasteiger partial charge is 0.508 e. The number of phenolic OH excluding ortho intramolecular Hbond substituents is 1. The van der Waals surface area contributed by atoms with Crippen molar-refractivity contribution < 1.29 is 19.0 Å². The van der Waals surface area contributed by atoms with Gasteiger partial charge in [-0.3, -0.25) is 0 Å². The van der Waals surface area contributed by atoms with E-state index in [0.29, 0.717) is 5.39 Å². The minimum atomic E-state index is -3.36. The van der Waals surface area contributed by atoms with Crippen molar-refractivity contribution in [1.82, 2.24) is 0 Å². The van der Waals surface area contributed by atoms with Gasteiger partial charge < -0.3 is 15.9 Å². The molecule has 0 saturated heterocycles. The maximum absolute atomic E-state index is 13.3. The van der Waals surface area contributed by atoms with E-state index in [4.69, 9.17) is 10.8 Å². The van der Waals surface area contributed by atoms with Crippen LogP contribution in [0.3, 0.4) is 0 Å². The van der Waals surface area contributed by atoms with Crippen LogP contribution in [0.5, 0.6) is 5.75 Å². The molecule has 0 bridgehead atoms. The van der Waals surface area contributed by atoms with Gasteiger partial charge in [0.1, 0.15) is 12.4 Å². The van der Waals surface area contributed by atoms with Crippen LogP contribution in [0.2, 0.25) is 0 Å². The quantitative estimate of drug-likeness (QED) is 0.785. The number of benzene rings is 2. The Labute approximate surface area is 102 Å². The Morgan fingerprint density at radius 3 is 2.39 bits per heavy atom. The normalized spacial score (nSPS) is 13.8. The molecule has 0 aliphatic heterocycles. The number of aromatic hydroxyl groups is 1. The van der Waals surface area contributed by atoms with Gasteiger partial charge >= 0.3 is 0 Å². The standard InChI is InChI=1S/C13H13F2NO2/c14-13(15,7-17)12(16)10-2-1-9-6-11(18)4-3-8(9)5-10/h1-6,12,17-18H,7,16H2/t12-/m0/s1. The van der Waals surface area contributed by atoms with E-state index in [9.17, 15) is 13.9 Å². The van der Waals surface area contributed by atoms with Crippen molar-refractivity contribution in [3.8, 4) is 5.75 Å². The zero-order valence-corrected chi connectivity index (χ0v) is 9.48. The van der Waals surface area contributed by atoms with E-state index in [1.165, 1.54) is 24.3 Å². The van der Waals surface area contributed by atoms with Crippen molar-refractivity contribution in [2.45, 2.75) is 12.0 Å². The summed E-state index contributed by atoms with van der Waals surface area (Å²) in [4.78, 5) is 0. The molecule has 0 unspecified atom stereocenters. The summed E-state index contributed by atoms with van der Waals surface area (Å²) < 4.78 is 26.6. The van der Waals surface area contributed by atoms with Gasteiger partial charge in [0.15, 0.2) is 0 Å². The van der Waals surface area contributed by atoms with Crippen LogP contribution in [0, 0.1) is 0 Å². The predicted molar refractivity (Wildman–Crippen MR) is 64.6 cm³/mol. The molecule has 0 aromatic heterocycles. The highest BCUT2D eigenvalue weighted by Crippen LogP contribution is 2.31. The van der Waals surface area contributed by atoms with Crippen LogP contribution in [-0.2, 0) is 0 Å². The van der Waals surface area contributed by atoms with Gasteiger partial charge in [-0.05, 0) is 34.5 Å². The van der Waals surface area contributed by atoms with Crippen molar-refractivity contribution in [3.05, 3.63) is 42.0 Å². The molecule has 0 heterocycles. The lowest BCUT2D eigenvalue weighted by Gasteiger charge is -2.21. The van der Waals surface area contributed by atoms with Gasteiger partial charge in [0.2, 0.25) is 0 Å². The Kier molecular flexibility index (Phi) is 3.19. The van der Waals surface area contributed by atoms with Crippen LogP contribution in [-0.4, -0.2) is 22.7 Å². The molecule has 5 heteroatoms. The molecule has 4 N–H and O–H groups in total. The Bertz CT molecular complexity index is 572. The van der Waals surface area contributed by atoms with E-state index < -0.39 is 18.6 Å². The number of aliphatic hydroxyl groups excluding tert-OH is 1. The van der Waals surface area contributed by atoms with Crippen molar-refractivity contribution in [1.29, 1.82) is 0 Å². The van der Waals surface area contributed by atoms with Gasteiger partial charge in [-0.15, -0.1) is 0 Å². The molecule has 96 valence electrons. The molecule has 2 aromatic rings. The average Bonchev–Trinajstić information content (AvgIpc) is 2.37.